The lowest BCUT2D eigenvalue weighted by molar-refractivity contribution is -0.192. The third-order valence-corrected chi connectivity index (χ3v) is 9.76. The van der Waals surface area contributed by atoms with Crippen LogP contribution in [0.4, 0.5) is 0 Å². The molecule has 5 saturated heterocycles. The number of nitrogens with zero attached hydrogens (tertiary/aromatic N) is 3. The van der Waals surface area contributed by atoms with Crippen LogP contribution >= 0.6 is 0 Å². The zero-order valence-electron chi connectivity index (χ0n) is 17.3. The van der Waals surface area contributed by atoms with Crippen LogP contribution in [-0.2, 0) is 14.4 Å². The highest BCUT2D eigenvalue weighted by Crippen LogP contribution is 2.72. The zero-order chi connectivity index (χ0) is 19.7. The van der Waals surface area contributed by atoms with Gasteiger partial charge >= 0.3 is 0 Å². The van der Waals surface area contributed by atoms with E-state index in [-0.39, 0.29) is 41.0 Å². The van der Waals surface area contributed by atoms with E-state index in [1.165, 1.54) is 0 Å². The van der Waals surface area contributed by atoms with Crippen LogP contribution in [0.1, 0.15) is 53.4 Å². The largest absolute Gasteiger partial charge is 0.343 e. The van der Waals surface area contributed by atoms with Crippen LogP contribution in [0, 0.1) is 22.7 Å². The van der Waals surface area contributed by atoms with Gasteiger partial charge in [-0.2, -0.15) is 0 Å². The molecular formula is C21H31N3O3. The highest BCUT2D eigenvalue weighted by Gasteiger charge is 2.80. The smallest absolute Gasteiger partial charge is 0.249 e. The molecule has 0 radical (unpaired) electrons. The van der Waals surface area contributed by atoms with E-state index in [0.29, 0.717) is 25.8 Å². The first kappa shape index (κ1) is 17.5. The van der Waals surface area contributed by atoms with Crippen LogP contribution in [0.5, 0.6) is 0 Å². The molecule has 0 aromatic carbocycles. The molecule has 5 aliphatic heterocycles. The van der Waals surface area contributed by atoms with E-state index in [9.17, 15) is 14.4 Å². The van der Waals surface area contributed by atoms with Gasteiger partial charge in [-0.05, 0) is 43.4 Å². The molecule has 1 aliphatic carbocycles. The summed E-state index contributed by atoms with van der Waals surface area (Å²) in [6.45, 7) is 9.27. The predicted molar refractivity (Wildman–Crippen MR) is 99.5 cm³/mol. The van der Waals surface area contributed by atoms with Crippen LogP contribution in [0.25, 0.3) is 0 Å². The molecule has 3 spiro atoms. The van der Waals surface area contributed by atoms with Gasteiger partial charge in [0.2, 0.25) is 17.7 Å². The van der Waals surface area contributed by atoms with E-state index in [4.69, 9.17) is 0 Å². The summed E-state index contributed by atoms with van der Waals surface area (Å²) in [6.07, 6.45) is 2.70. The summed E-state index contributed by atoms with van der Waals surface area (Å²) in [5.74, 6) is 0.711. The van der Waals surface area contributed by atoms with Gasteiger partial charge < -0.3 is 14.7 Å². The summed E-state index contributed by atoms with van der Waals surface area (Å²) < 4.78 is 0. The second kappa shape index (κ2) is 4.52. The zero-order valence-corrected chi connectivity index (χ0v) is 17.3. The van der Waals surface area contributed by atoms with Crippen LogP contribution in [0.3, 0.4) is 0 Å². The lowest BCUT2D eigenvalue weighted by Gasteiger charge is -2.64. The van der Waals surface area contributed by atoms with Gasteiger partial charge in [-0.1, -0.05) is 20.8 Å². The van der Waals surface area contributed by atoms with E-state index in [2.05, 4.69) is 27.7 Å². The van der Waals surface area contributed by atoms with Crippen molar-refractivity contribution < 1.29 is 14.4 Å². The number of likely N-dealkylation sites (N-methyl/N-ethyl adjacent to an activating group) is 1. The number of piperazine rings is 1. The lowest BCUT2D eigenvalue weighted by atomic mass is 9.56. The third kappa shape index (κ3) is 1.50. The van der Waals surface area contributed by atoms with E-state index in [1.54, 1.807) is 0 Å². The molecule has 2 bridgehead atoms. The number of hydrogen-bond donors (Lipinski definition) is 0. The minimum absolute atomic E-state index is 0.0338. The Kier molecular flexibility index (Phi) is 2.93. The van der Waals surface area contributed by atoms with E-state index < -0.39 is 16.5 Å². The second-order valence-corrected chi connectivity index (χ2v) is 10.7. The number of fused-ring (bicyclic) bond motifs is 1. The molecule has 0 N–H and O–H groups in total. The summed E-state index contributed by atoms with van der Waals surface area (Å²) >= 11 is 0. The third-order valence-electron chi connectivity index (χ3n) is 9.76. The average molecular weight is 373 g/mol. The molecule has 6 atom stereocenters. The molecule has 6 heteroatoms. The first-order valence-corrected chi connectivity index (χ1v) is 10.3. The number of likely N-dealkylation sites (tertiary alicyclic amines) is 1. The molecule has 148 valence electrons. The Morgan fingerprint density at radius 2 is 1.67 bits per heavy atom. The molecule has 5 heterocycles. The summed E-state index contributed by atoms with van der Waals surface area (Å²) in [5, 5.41) is 0. The normalized spacial score (nSPS) is 50.2. The molecule has 0 aromatic heterocycles. The van der Waals surface area contributed by atoms with Gasteiger partial charge in [0.15, 0.2) is 0 Å². The minimum atomic E-state index is -0.694. The Morgan fingerprint density at radius 1 is 1.00 bits per heavy atom. The summed E-state index contributed by atoms with van der Waals surface area (Å²) in [5.41, 5.74) is -1.76. The van der Waals surface area contributed by atoms with Gasteiger partial charge in [-0.15, -0.1) is 0 Å². The number of piperidine rings is 2. The van der Waals surface area contributed by atoms with E-state index in [0.717, 1.165) is 6.42 Å². The molecule has 6 rings (SSSR count). The van der Waals surface area contributed by atoms with Crippen molar-refractivity contribution in [2.45, 2.75) is 70.5 Å². The van der Waals surface area contributed by atoms with Crippen molar-refractivity contribution in [2.75, 3.05) is 20.6 Å². The molecule has 0 aromatic rings. The predicted octanol–water partition coefficient (Wildman–Crippen LogP) is 1.49. The van der Waals surface area contributed by atoms with Gasteiger partial charge in [0.25, 0.3) is 0 Å². The molecular weight excluding hydrogens is 342 g/mol. The maximum atomic E-state index is 13.5. The quantitative estimate of drug-likeness (QED) is 0.646. The highest BCUT2D eigenvalue weighted by atomic mass is 16.2. The van der Waals surface area contributed by atoms with Crippen LogP contribution < -0.4 is 0 Å². The van der Waals surface area contributed by atoms with Crippen LogP contribution in [0.2, 0.25) is 0 Å². The minimum Gasteiger partial charge on any atom is -0.343 e. The first-order valence-electron chi connectivity index (χ1n) is 10.3. The van der Waals surface area contributed by atoms with Crippen molar-refractivity contribution in [1.82, 2.24) is 14.7 Å². The second-order valence-electron chi connectivity index (χ2n) is 10.7. The van der Waals surface area contributed by atoms with Gasteiger partial charge in [0, 0.05) is 33.1 Å². The summed E-state index contributed by atoms with van der Waals surface area (Å²) in [7, 11) is 3.83. The fourth-order valence-corrected chi connectivity index (χ4v) is 7.96. The fourth-order valence-electron chi connectivity index (χ4n) is 7.96. The maximum Gasteiger partial charge on any atom is 0.249 e. The molecule has 27 heavy (non-hydrogen) atoms. The van der Waals surface area contributed by atoms with Crippen molar-refractivity contribution in [3.05, 3.63) is 0 Å². The summed E-state index contributed by atoms with van der Waals surface area (Å²) in [6, 6.07) is 0.213. The highest BCUT2D eigenvalue weighted by molar-refractivity contribution is 5.98. The van der Waals surface area contributed by atoms with Gasteiger partial charge in [-0.3, -0.25) is 14.4 Å². The van der Waals surface area contributed by atoms with E-state index in [1.807, 2.05) is 28.8 Å². The molecule has 1 saturated carbocycles. The average Bonchev–Trinajstić information content (AvgIpc) is 3.07. The molecule has 6 fully saturated rings. The van der Waals surface area contributed by atoms with E-state index >= 15 is 0 Å². The first-order chi connectivity index (χ1) is 12.5. The van der Waals surface area contributed by atoms with Crippen molar-refractivity contribution in [1.29, 1.82) is 0 Å². The number of carbonyl (C=O) groups excluding carboxylic acids is 3. The fraction of sp³-hybridized carbons (Fsp3) is 0.857. The Bertz CT molecular complexity index is 794. The number of amides is 3. The van der Waals surface area contributed by atoms with Crippen LogP contribution in [-0.4, -0.2) is 70.2 Å². The Morgan fingerprint density at radius 3 is 2.26 bits per heavy atom. The number of hydrogen-bond acceptors (Lipinski definition) is 3. The Balaban J connectivity index is 1.70. The monoisotopic (exact) mass is 373 g/mol. The van der Waals surface area contributed by atoms with Crippen LogP contribution in [0.15, 0.2) is 0 Å². The molecule has 1 unspecified atom stereocenters. The van der Waals surface area contributed by atoms with Crippen molar-refractivity contribution >= 4 is 17.7 Å². The molecule has 6 aliphatic rings. The van der Waals surface area contributed by atoms with Gasteiger partial charge in [0.1, 0.15) is 5.54 Å². The SMILES string of the molecule is CC1C[C@]2(C[C@@]34CN5C(=O)C[C@H](C)[C@]5(C[C@H]3C2(C)C)C(=O)N4C)C(=O)N1C. The van der Waals surface area contributed by atoms with Gasteiger partial charge in [0.05, 0.1) is 11.0 Å². The topological polar surface area (TPSA) is 60.9 Å². The molecule has 6 nitrogen and oxygen atoms in total. The van der Waals surface area contributed by atoms with Crippen molar-refractivity contribution in [3.63, 3.8) is 0 Å². The molecule has 3 amide bonds. The lowest BCUT2D eigenvalue weighted by Crippen LogP contribution is -2.80. The maximum absolute atomic E-state index is 13.5. The van der Waals surface area contributed by atoms with Gasteiger partial charge in [-0.25, -0.2) is 0 Å². The van der Waals surface area contributed by atoms with Crippen molar-refractivity contribution in [3.8, 4) is 0 Å². The standard InChI is InChI=1S/C21H31N3O3/c1-12-7-15(25)24-11-20-10-19(8-13(2)22(5)16(19)26)18(3,4)14(20)9-21(12,24)17(27)23(20)6/h12-14H,7-11H2,1-6H3/t12-,13?,14-,19-,20+,21+/m0/s1. The number of rotatable bonds is 0. The Labute approximate surface area is 161 Å². The number of carbonyl (C=O) groups is 3. The van der Waals surface area contributed by atoms with Crippen molar-refractivity contribution in [2.24, 2.45) is 22.7 Å². The Hall–Kier alpha value is -1.59. The summed E-state index contributed by atoms with van der Waals surface area (Å²) in [4.78, 5) is 45.5.